The Hall–Kier alpha value is -2.08. The number of anilines is 1. The zero-order valence-electron chi connectivity index (χ0n) is 13.6. The van der Waals surface area contributed by atoms with Crippen LogP contribution in [0.3, 0.4) is 0 Å². The molecule has 0 unspecified atom stereocenters. The molecule has 3 rings (SSSR count). The highest BCUT2D eigenvalue weighted by Crippen LogP contribution is 2.47. The van der Waals surface area contributed by atoms with E-state index in [2.05, 4.69) is 6.92 Å². The molecular weight excluding hydrogens is 298 g/mol. The average molecular weight is 319 g/mol. The molecule has 0 radical (unpaired) electrons. The number of rotatable bonds is 5. The molecule has 2 aliphatic heterocycles. The molecule has 0 aromatic heterocycles. The Bertz CT molecular complexity index is 602. The molecule has 6 heteroatoms. The Kier molecular flexibility index (Phi) is 4.02. The summed E-state index contributed by atoms with van der Waals surface area (Å²) in [7, 11) is 1.60. The van der Waals surface area contributed by atoms with Crippen LogP contribution < -0.4 is 9.64 Å². The topological polar surface area (TPSA) is 65.1 Å². The van der Waals surface area contributed by atoms with Gasteiger partial charge in [-0.05, 0) is 30.7 Å². The van der Waals surface area contributed by atoms with Crippen LogP contribution in [0.15, 0.2) is 24.3 Å². The molecule has 2 heterocycles. The smallest absolute Gasteiger partial charge is 0.303 e. The van der Waals surface area contributed by atoms with E-state index < -0.39 is 12.1 Å². The van der Waals surface area contributed by atoms with E-state index >= 15 is 0 Å². The Balaban J connectivity index is 1.90. The van der Waals surface area contributed by atoms with Gasteiger partial charge in [0.2, 0.25) is 6.10 Å². The highest BCUT2D eigenvalue weighted by atomic mass is 16.6. The number of ether oxygens (including phenoxy) is 3. The number of nitrogens with zero attached hydrogens (tertiary/aromatic N) is 1. The summed E-state index contributed by atoms with van der Waals surface area (Å²) in [6.07, 6.45) is 0.133. The van der Waals surface area contributed by atoms with Gasteiger partial charge in [-0.25, -0.2) is 0 Å². The van der Waals surface area contributed by atoms with Crippen molar-refractivity contribution in [2.45, 2.75) is 32.4 Å². The third kappa shape index (κ3) is 2.47. The first-order valence-electron chi connectivity index (χ1n) is 7.74. The van der Waals surface area contributed by atoms with Gasteiger partial charge < -0.3 is 19.1 Å². The van der Waals surface area contributed by atoms with Gasteiger partial charge in [-0.1, -0.05) is 6.92 Å². The second kappa shape index (κ2) is 5.85. The van der Waals surface area contributed by atoms with E-state index in [1.54, 1.807) is 12.0 Å². The van der Waals surface area contributed by atoms with Crippen molar-refractivity contribution >= 4 is 17.6 Å². The van der Waals surface area contributed by atoms with Crippen LogP contribution in [0.1, 0.15) is 20.3 Å². The minimum absolute atomic E-state index is 0.159. The van der Waals surface area contributed by atoms with Crippen molar-refractivity contribution in [3.05, 3.63) is 24.3 Å². The predicted octanol–water partition coefficient (Wildman–Crippen LogP) is 1.77. The lowest BCUT2D eigenvalue weighted by Gasteiger charge is -2.58. The number of hydrogen-bond acceptors (Lipinski definition) is 5. The Morgan fingerprint density at radius 3 is 2.43 bits per heavy atom. The molecule has 2 fully saturated rings. The molecule has 1 aromatic rings. The minimum atomic E-state index is -0.724. The standard InChI is InChI=1S/C17H21NO5/c1-4-17(9-22-10-17)15-14(23-11(2)19)16(20)18(15)12-5-7-13(21-3)8-6-12/h5-8,14-15H,4,9-10H2,1-3H3/t14-,15-/m0/s1. The molecule has 1 amide bonds. The van der Waals surface area contributed by atoms with E-state index in [1.165, 1.54) is 6.92 Å². The van der Waals surface area contributed by atoms with Gasteiger partial charge in [0.1, 0.15) is 5.75 Å². The minimum Gasteiger partial charge on any atom is -0.497 e. The second-order valence-corrected chi connectivity index (χ2v) is 6.09. The first-order chi connectivity index (χ1) is 11.0. The Morgan fingerprint density at radius 1 is 1.35 bits per heavy atom. The van der Waals surface area contributed by atoms with E-state index in [4.69, 9.17) is 14.2 Å². The largest absolute Gasteiger partial charge is 0.497 e. The highest BCUT2D eigenvalue weighted by Gasteiger charge is 2.62. The third-order valence-electron chi connectivity index (χ3n) is 4.80. The van der Waals surface area contributed by atoms with Gasteiger partial charge in [-0.3, -0.25) is 9.59 Å². The summed E-state index contributed by atoms with van der Waals surface area (Å²) in [5, 5.41) is 0. The molecule has 23 heavy (non-hydrogen) atoms. The SMILES string of the molecule is CCC1([C@@H]2[C@H](OC(C)=O)C(=O)N2c2ccc(OC)cc2)COC1. The number of hydrogen-bond donors (Lipinski definition) is 0. The molecule has 0 N–H and O–H groups in total. The monoisotopic (exact) mass is 319 g/mol. The second-order valence-electron chi connectivity index (χ2n) is 6.09. The van der Waals surface area contributed by atoms with E-state index in [0.29, 0.717) is 13.2 Å². The van der Waals surface area contributed by atoms with Crippen molar-refractivity contribution in [2.24, 2.45) is 5.41 Å². The number of methoxy groups -OCH3 is 1. The quantitative estimate of drug-likeness (QED) is 0.611. The lowest BCUT2D eigenvalue weighted by Crippen LogP contribution is -2.75. The van der Waals surface area contributed by atoms with Crippen molar-refractivity contribution in [3.63, 3.8) is 0 Å². The summed E-state index contributed by atoms with van der Waals surface area (Å²) >= 11 is 0. The van der Waals surface area contributed by atoms with Crippen LogP contribution in [0.5, 0.6) is 5.75 Å². The molecule has 2 saturated heterocycles. The first kappa shape index (κ1) is 15.8. The average Bonchev–Trinajstić information content (AvgIpc) is 2.51. The van der Waals surface area contributed by atoms with Crippen LogP contribution in [0, 0.1) is 5.41 Å². The maximum absolute atomic E-state index is 12.5. The molecule has 6 nitrogen and oxygen atoms in total. The number of amides is 1. The zero-order chi connectivity index (χ0) is 16.6. The molecule has 124 valence electrons. The third-order valence-corrected chi connectivity index (χ3v) is 4.80. The predicted molar refractivity (Wildman–Crippen MR) is 83.4 cm³/mol. The van der Waals surface area contributed by atoms with Crippen molar-refractivity contribution in [3.8, 4) is 5.75 Å². The molecule has 0 aliphatic carbocycles. The fraction of sp³-hybridized carbons (Fsp3) is 0.529. The summed E-state index contributed by atoms with van der Waals surface area (Å²) in [5.74, 6) is 0.108. The number of carbonyl (C=O) groups is 2. The fourth-order valence-corrected chi connectivity index (χ4v) is 3.33. The highest BCUT2D eigenvalue weighted by molar-refractivity contribution is 6.06. The number of β-lactam (4-membered cyclic amide) rings is 1. The Morgan fingerprint density at radius 2 is 2.00 bits per heavy atom. The van der Waals surface area contributed by atoms with Gasteiger partial charge in [0.05, 0.1) is 26.4 Å². The number of esters is 1. The van der Waals surface area contributed by atoms with E-state index in [1.807, 2.05) is 24.3 Å². The fourth-order valence-electron chi connectivity index (χ4n) is 3.33. The summed E-state index contributed by atoms with van der Waals surface area (Å²) < 4.78 is 15.8. The van der Waals surface area contributed by atoms with Crippen LogP contribution in [-0.4, -0.2) is 44.3 Å². The lowest BCUT2D eigenvalue weighted by atomic mass is 9.68. The Labute approximate surface area is 135 Å². The molecule has 1 aromatic carbocycles. The maximum Gasteiger partial charge on any atom is 0.303 e. The first-order valence-corrected chi connectivity index (χ1v) is 7.74. The van der Waals surface area contributed by atoms with Gasteiger partial charge in [0.25, 0.3) is 5.91 Å². The van der Waals surface area contributed by atoms with E-state index in [0.717, 1.165) is 17.9 Å². The summed E-state index contributed by atoms with van der Waals surface area (Å²) in [6.45, 7) is 4.55. The van der Waals surface area contributed by atoms with E-state index in [-0.39, 0.29) is 17.4 Å². The normalized spacial score (nSPS) is 25.3. The number of benzene rings is 1. The molecule has 0 spiro atoms. The summed E-state index contributed by atoms with van der Waals surface area (Å²) in [4.78, 5) is 25.6. The van der Waals surface area contributed by atoms with Gasteiger partial charge in [-0.2, -0.15) is 0 Å². The van der Waals surface area contributed by atoms with Gasteiger partial charge in [0, 0.05) is 18.0 Å². The molecule has 0 bridgehead atoms. The van der Waals surface area contributed by atoms with Crippen LogP contribution in [-0.2, 0) is 19.1 Å². The molecule has 0 saturated carbocycles. The van der Waals surface area contributed by atoms with Crippen molar-refractivity contribution in [2.75, 3.05) is 25.2 Å². The van der Waals surface area contributed by atoms with Crippen molar-refractivity contribution in [1.29, 1.82) is 0 Å². The number of carbonyl (C=O) groups excluding carboxylic acids is 2. The molecule has 2 aliphatic rings. The van der Waals surface area contributed by atoms with Crippen LogP contribution >= 0.6 is 0 Å². The summed E-state index contributed by atoms with van der Waals surface area (Å²) in [6, 6.07) is 7.13. The maximum atomic E-state index is 12.5. The van der Waals surface area contributed by atoms with Gasteiger partial charge in [-0.15, -0.1) is 0 Å². The molecule has 2 atom stereocenters. The molecular formula is C17H21NO5. The summed E-state index contributed by atoms with van der Waals surface area (Å²) in [5.41, 5.74) is 0.623. The van der Waals surface area contributed by atoms with E-state index in [9.17, 15) is 9.59 Å². The lowest BCUT2D eigenvalue weighted by molar-refractivity contribution is -0.187. The zero-order valence-corrected chi connectivity index (χ0v) is 13.6. The van der Waals surface area contributed by atoms with Crippen LogP contribution in [0.4, 0.5) is 5.69 Å². The van der Waals surface area contributed by atoms with Crippen molar-refractivity contribution < 1.29 is 23.8 Å². The van der Waals surface area contributed by atoms with Gasteiger partial charge in [0.15, 0.2) is 0 Å². The van der Waals surface area contributed by atoms with Crippen molar-refractivity contribution in [1.82, 2.24) is 0 Å². The van der Waals surface area contributed by atoms with Crippen LogP contribution in [0.2, 0.25) is 0 Å². The van der Waals surface area contributed by atoms with Gasteiger partial charge >= 0.3 is 5.97 Å². The van der Waals surface area contributed by atoms with Crippen LogP contribution in [0.25, 0.3) is 0 Å².